The van der Waals surface area contributed by atoms with E-state index in [-0.39, 0.29) is 11.9 Å². The molecule has 2 aromatic rings. The molecule has 4 rings (SSSR count). The summed E-state index contributed by atoms with van der Waals surface area (Å²) in [5.41, 5.74) is 0.887. The molecule has 26 heavy (non-hydrogen) atoms. The van der Waals surface area contributed by atoms with Crippen LogP contribution in [0.25, 0.3) is 11.5 Å². The lowest BCUT2D eigenvalue weighted by Crippen LogP contribution is -2.48. The van der Waals surface area contributed by atoms with Crippen molar-refractivity contribution >= 4 is 33.6 Å². The summed E-state index contributed by atoms with van der Waals surface area (Å²) in [4.78, 5) is 17.1. The van der Waals surface area contributed by atoms with Gasteiger partial charge in [0.25, 0.3) is 0 Å². The van der Waals surface area contributed by atoms with Crippen LogP contribution in [-0.4, -0.2) is 63.1 Å². The molecule has 0 N–H and O–H groups in total. The van der Waals surface area contributed by atoms with Gasteiger partial charge in [-0.25, -0.2) is 0 Å². The lowest BCUT2D eigenvalue weighted by molar-refractivity contribution is -0.135. The van der Waals surface area contributed by atoms with Crippen LogP contribution in [0.4, 0.5) is 0 Å². The monoisotopic (exact) mass is 436 g/mol. The molecule has 8 heteroatoms. The van der Waals surface area contributed by atoms with Crippen molar-refractivity contribution in [3.63, 3.8) is 0 Å². The van der Waals surface area contributed by atoms with Crippen molar-refractivity contribution in [2.24, 2.45) is 0 Å². The highest BCUT2D eigenvalue weighted by Crippen LogP contribution is 2.25. The predicted octanol–water partition coefficient (Wildman–Crippen LogP) is 3.04. The number of rotatable bonds is 4. The predicted molar refractivity (Wildman–Crippen MR) is 105 cm³/mol. The summed E-state index contributed by atoms with van der Waals surface area (Å²) in [5.74, 6) is 3.41. The van der Waals surface area contributed by atoms with E-state index in [0.29, 0.717) is 18.3 Å². The first-order valence-electron chi connectivity index (χ1n) is 8.89. The second-order valence-electron chi connectivity index (χ2n) is 6.58. The molecule has 3 heterocycles. The van der Waals surface area contributed by atoms with Crippen LogP contribution in [-0.2, 0) is 11.3 Å². The van der Waals surface area contributed by atoms with Crippen LogP contribution in [0, 0.1) is 0 Å². The van der Waals surface area contributed by atoms with Crippen molar-refractivity contribution in [2.45, 2.75) is 25.4 Å². The van der Waals surface area contributed by atoms with Crippen molar-refractivity contribution in [1.82, 2.24) is 20.0 Å². The molecule has 1 amide bonds. The number of hydrogen-bond acceptors (Lipinski definition) is 6. The topological polar surface area (TPSA) is 62.5 Å². The average Bonchev–Trinajstić information content (AvgIpc) is 3.32. The fraction of sp³-hybridized carbons (Fsp3) is 0.500. The third kappa shape index (κ3) is 3.97. The number of benzene rings is 1. The van der Waals surface area contributed by atoms with Crippen LogP contribution in [0.5, 0.6) is 0 Å². The van der Waals surface area contributed by atoms with Crippen LogP contribution in [0.1, 0.15) is 18.7 Å². The van der Waals surface area contributed by atoms with E-state index in [9.17, 15) is 4.79 Å². The molecule has 2 aliphatic rings. The molecule has 6 nitrogen and oxygen atoms in total. The molecule has 1 atom stereocenters. The van der Waals surface area contributed by atoms with E-state index in [1.165, 1.54) is 0 Å². The molecule has 0 bridgehead atoms. The molecule has 2 aliphatic heterocycles. The van der Waals surface area contributed by atoms with Crippen molar-refractivity contribution in [2.75, 3.05) is 31.1 Å². The van der Waals surface area contributed by atoms with Gasteiger partial charge in [-0.15, -0.1) is 10.2 Å². The van der Waals surface area contributed by atoms with Crippen LogP contribution in [0.15, 0.2) is 33.2 Å². The van der Waals surface area contributed by atoms with Gasteiger partial charge in [0, 0.05) is 34.6 Å². The first kappa shape index (κ1) is 18.0. The summed E-state index contributed by atoms with van der Waals surface area (Å²) in [5, 5.41) is 8.36. The number of carbonyl (C=O) groups excluding carboxylic acids is 1. The van der Waals surface area contributed by atoms with Crippen molar-refractivity contribution in [3.8, 4) is 11.5 Å². The molecular formula is C18H21BrN4O2S. The van der Waals surface area contributed by atoms with Crippen LogP contribution in [0.2, 0.25) is 0 Å². The van der Waals surface area contributed by atoms with Gasteiger partial charge in [0.15, 0.2) is 0 Å². The molecule has 1 aromatic heterocycles. The Morgan fingerprint density at radius 1 is 1.27 bits per heavy atom. The fourth-order valence-corrected chi connectivity index (χ4v) is 4.82. The summed E-state index contributed by atoms with van der Waals surface area (Å²) >= 11 is 5.38. The van der Waals surface area contributed by atoms with Gasteiger partial charge in [0.1, 0.15) is 0 Å². The van der Waals surface area contributed by atoms with Gasteiger partial charge < -0.3 is 9.32 Å². The van der Waals surface area contributed by atoms with Gasteiger partial charge in [0.05, 0.1) is 12.6 Å². The maximum Gasteiger partial charge on any atom is 0.247 e. The maximum atomic E-state index is 12.9. The molecule has 0 spiro atoms. The minimum Gasteiger partial charge on any atom is -0.419 e. The van der Waals surface area contributed by atoms with Crippen LogP contribution in [0.3, 0.4) is 0 Å². The zero-order valence-corrected chi connectivity index (χ0v) is 16.8. The normalized spacial score (nSPS) is 21.3. The van der Waals surface area contributed by atoms with Crippen LogP contribution < -0.4 is 0 Å². The van der Waals surface area contributed by atoms with Crippen molar-refractivity contribution < 1.29 is 9.21 Å². The average molecular weight is 437 g/mol. The van der Waals surface area contributed by atoms with E-state index in [0.717, 1.165) is 54.0 Å². The molecule has 2 fully saturated rings. The number of thioether (sulfide) groups is 1. The fourth-order valence-electron chi connectivity index (χ4n) is 3.52. The summed E-state index contributed by atoms with van der Waals surface area (Å²) < 4.78 is 6.82. The maximum absolute atomic E-state index is 12.9. The Balaban J connectivity index is 1.44. The van der Waals surface area contributed by atoms with E-state index < -0.39 is 0 Å². The van der Waals surface area contributed by atoms with Gasteiger partial charge >= 0.3 is 0 Å². The molecular weight excluding hydrogens is 416 g/mol. The van der Waals surface area contributed by atoms with Crippen LogP contribution >= 0.6 is 27.7 Å². The summed E-state index contributed by atoms with van der Waals surface area (Å²) in [7, 11) is 0. The number of likely N-dealkylation sites (tertiary alicyclic amines) is 1. The first-order valence-corrected chi connectivity index (χ1v) is 10.8. The summed E-state index contributed by atoms with van der Waals surface area (Å²) in [6.07, 6.45) is 1.95. The van der Waals surface area contributed by atoms with Crippen molar-refractivity contribution in [1.29, 1.82) is 0 Å². The SMILES string of the molecule is O=C(C1CCCN1Cc1nnc(-c2cccc(Br)c2)o1)N1CCSCC1. The third-order valence-electron chi connectivity index (χ3n) is 4.85. The molecule has 0 saturated carbocycles. The Labute approximate surface area is 165 Å². The van der Waals surface area contributed by atoms with Gasteiger partial charge in [-0.2, -0.15) is 11.8 Å². The summed E-state index contributed by atoms with van der Waals surface area (Å²) in [6.45, 7) is 3.15. The van der Waals surface area contributed by atoms with E-state index >= 15 is 0 Å². The first-order chi connectivity index (χ1) is 12.7. The van der Waals surface area contributed by atoms with E-state index in [1.54, 1.807) is 0 Å². The minimum atomic E-state index is -0.0562. The number of carbonyl (C=O) groups is 1. The minimum absolute atomic E-state index is 0.0562. The molecule has 0 aliphatic carbocycles. The van der Waals surface area contributed by atoms with Crippen molar-refractivity contribution in [3.05, 3.63) is 34.6 Å². The standard InChI is InChI=1S/C18H21BrN4O2S/c19-14-4-1-3-13(11-14)17-21-20-16(25-17)12-23-6-2-5-15(23)18(24)22-7-9-26-10-8-22/h1,3-4,11,15H,2,5-10,12H2. The lowest BCUT2D eigenvalue weighted by atomic mass is 10.2. The Morgan fingerprint density at radius 3 is 2.92 bits per heavy atom. The second-order valence-corrected chi connectivity index (χ2v) is 8.72. The number of hydrogen-bond donors (Lipinski definition) is 0. The highest BCUT2D eigenvalue weighted by Gasteiger charge is 2.34. The molecule has 2 saturated heterocycles. The second kappa shape index (κ2) is 8.10. The Hall–Kier alpha value is -1.38. The molecule has 1 unspecified atom stereocenters. The highest BCUT2D eigenvalue weighted by atomic mass is 79.9. The quantitative estimate of drug-likeness (QED) is 0.733. The van der Waals surface area contributed by atoms with E-state index in [4.69, 9.17) is 4.42 Å². The molecule has 138 valence electrons. The third-order valence-corrected chi connectivity index (χ3v) is 6.28. The number of halogens is 1. The Kier molecular flexibility index (Phi) is 5.61. The summed E-state index contributed by atoms with van der Waals surface area (Å²) in [6, 6.07) is 7.74. The van der Waals surface area contributed by atoms with Gasteiger partial charge in [-0.05, 0) is 37.6 Å². The number of aromatic nitrogens is 2. The Bertz CT molecular complexity index is 778. The Morgan fingerprint density at radius 2 is 2.12 bits per heavy atom. The zero-order chi connectivity index (χ0) is 17.9. The number of nitrogens with zero attached hydrogens (tertiary/aromatic N) is 4. The van der Waals surface area contributed by atoms with Gasteiger partial charge in [-0.3, -0.25) is 9.69 Å². The van der Waals surface area contributed by atoms with E-state index in [2.05, 4.69) is 31.0 Å². The zero-order valence-electron chi connectivity index (χ0n) is 14.4. The lowest BCUT2D eigenvalue weighted by Gasteiger charge is -2.31. The molecule has 1 aromatic carbocycles. The van der Waals surface area contributed by atoms with E-state index in [1.807, 2.05) is 40.9 Å². The van der Waals surface area contributed by atoms with Gasteiger partial charge in [0.2, 0.25) is 17.7 Å². The molecule has 0 radical (unpaired) electrons. The highest BCUT2D eigenvalue weighted by molar-refractivity contribution is 9.10. The van der Waals surface area contributed by atoms with Gasteiger partial charge in [-0.1, -0.05) is 22.0 Å². The number of amides is 1. The largest absolute Gasteiger partial charge is 0.419 e. The smallest absolute Gasteiger partial charge is 0.247 e.